The summed E-state index contributed by atoms with van der Waals surface area (Å²) in [6.45, 7) is 2.35. The zero-order chi connectivity index (χ0) is 17.3. The van der Waals surface area contributed by atoms with E-state index in [0.717, 1.165) is 23.2 Å². The first kappa shape index (κ1) is 16.5. The van der Waals surface area contributed by atoms with Gasteiger partial charge in [-0.1, -0.05) is 24.4 Å². The van der Waals surface area contributed by atoms with Crippen molar-refractivity contribution >= 4 is 45.1 Å². The van der Waals surface area contributed by atoms with E-state index in [1.165, 1.54) is 4.90 Å². The maximum absolute atomic E-state index is 12.0. The van der Waals surface area contributed by atoms with E-state index in [0.29, 0.717) is 12.4 Å². The highest BCUT2D eigenvalue weighted by atomic mass is 32.2. The molecule has 0 saturated carbocycles. The third kappa shape index (κ3) is 3.02. The molecule has 24 heavy (non-hydrogen) atoms. The molecule has 124 valence electrons. The van der Waals surface area contributed by atoms with Gasteiger partial charge in [0.05, 0.1) is 11.4 Å². The molecule has 0 amide bonds. The van der Waals surface area contributed by atoms with Gasteiger partial charge in [-0.05, 0) is 36.9 Å². The third-order valence-corrected chi connectivity index (χ3v) is 4.79. The van der Waals surface area contributed by atoms with Crippen molar-refractivity contribution in [1.82, 2.24) is 4.90 Å². The van der Waals surface area contributed by atoms with Gasteiger partial charge >= 0.3 is 5.97 Å². The van der Waals surface area contributed by atoms with Crippen molar-refractivity contribution < 1.29 is 19.4 Å². The van der Waals surface area contributed by atoms with Crippen molar-refractivity contribution in [3.8, 4) is 5.75 Å². The summed E-state index contributed by atoms with van der Waals surface area (Å²) in [6.07, 6.45) is 3.22. The molecule has 1 N–H and O–H groups in total. The number of carboxylic acid groups (broad SMARTS) is 1. The van der Waals surface area contributed by atoms with Crippen molar-refractivity contribution in [3.63, 3.8) is 0 Å². The number of anilines is 1. The summed E-state index contributed by atoms with van der Waals surface area (Å²) in [5.74, 6) is 0.275. The Hall–Kier alpha value is -2.32. The van der Waals surface area contributed by atoms with Crippen molar-refractivity contribution in [3.05, 3.63) is 48.0 Å². The molecule has 0 radical (unpaired) electrons. The predicted molar refractivity (Wildman–Crippen MR) is 95.8 cm³/mol. The maximum atomic E-state index is 12.0. The molecule has 1 aromatic rings. The second kappa shape index (κ2) is 6.66. The van der Waals surface area contributed by atoms with Crippen molar-refractivity contribution in [2.24, 2.45) is 0 Å². The van der Waals surface area contributed by atoms with Gasteiger partial charge in [0.2, 0.25) is 11.0 Å². The van der Waals surface area contributed by atoms with Crippen LogP contribution in [0.1, 0.15) is 6.92 Å². The number of fused-ring (bicyclic) bond motifs is 1. The van der Waals surface area contributed by atoms with Gasteiger partial charge in [-0.25, -0.2) is 0 Å². The zero-order valence-corrected chi connectivity index (χ0v) is 14.4. The molecular formula is C16H14N2O4S2. The van der Waals surface area contributed by atoms with Crippen LogP contribution in [0.3, 0.4) is 0 Å². The summed E-state index contributed by atoms with van der Waals surface area (Å²) in [5.41, 5.74) is 1.20. The lowest BCUT2D eigenvalue weighted by atomic mass is 10.3. The van der Waals surface area contributed by atoms with E-state index in [2.05, 4.69) is 0 Å². The smallest absolute Gasteiger partial charge is 0.323 e. The molecule has 1 saturated heterocycles. The van der Waals surface area contributed by atoms with Crippen molar-refractivity contribution in [2.75, 3.05) is 18.0 Å². The van der Waals surface area contributed by atoms with Crippen LogP contribution >= 0.6 is 24.0 Å². The van der Waals surface area contributed by atoms with Crippen LogP contribution in [0, 0.1) is 0 Å². The average Bonchev–Trinajstić information content (AvgIpc) is 3.02. The molecule has 0 atom stereocenters. The Bertz CT molecular complexity index is 788. The number of hydrogen-bond acceptors (Lipinski definition) is 6. The van der Waals surface area contributed by atoms with Gasteiger partial charge in [0.15, 0.2) is 5.75 Å². The van der Waals surface area contributed by atoms with Crippen LogP contribution in [0.25, 0.3) is 0 Å². The highest BCUT2D eigenvalue weighted by Gasteiger charge is 2.33. The van der Waals surface area contributed by atoms with Gasteiger partial charge in [0.1, 0.15) is 10.9 Å². The highest BCUT2D eigenvalue weighted by molar-refractivity contribution is 8.33. The van der Waals surface area contributed by atoms with Gasteiger partial charge < -0.3 is 19.6 Å². The minimum atomic E-state index is -1.05. The number of benzene rings is 1. The molecule has 0 aliphatic carbocycles. The normalized spacial score (nSPS) is 20.0. The van der Waals surface area contributed by atoms with Gasteiger partial charge in [0, 0.05) is 12.6 Å². The molecule has 0 unspecified atom stereocenters. The minimum Gasteiger partial charge on any atom is -0.480 e. The summed E-state index contributed by atoms with van der Waals surface area (Å²) in [4.78, 5) is 26.3. The quantitative estimate of drug-likeness (QED) is 0.647. The number of rotatable bonds is 4. The largest absolute Gasteiger partial charge is 0.480 e. The molecule has 0 aromatic heterocycles. The van der Waals surface area contributed by atoms with E-state index < -0.39 is 5.97 Å². The van der Waals surface area contributed by atoms with Crippen LogP contribution in [-0.2, 0) is 9.59 Å². The van der Waals surface area contributed by atoms with Crippen LogP contribution in [0.4, 0.5) is 5.69 Å². The number of allylic oxidation sites excluding steroid dienone is 2. The Morgan fingerprint density at radius 1 is 1.33 bits per heavy atom. The van der Waals surface area contributed by atoms with Crippen LogP contribution in [-0.4, -0.2) is 38.5 Å². The van der Waals surface area contributed by atoms with Gasteiger partial charge in [0.25, 0.3) is 0 Å². The zero-order valence-electron chi connectivity index (χ0n) is 12.8. The van der Waals surface area contributed by atoms with Gasteiger partial charge in [-0.15, -0.1) is 0 Å². The fraction of sp³-hybridized carbons (Fsp3) is 0.188. The topological polar surface area (TPSA) is 70.1 Å². The Morgan fingerprint density at radius 3 is 2.79 bits per heavy atom. The van der Waals surface area contributed by atoms with Crippen LogP contribution in [0.15, 0.2) is 48.0 Å². The molecule has 2 heterocycles. The Balaban J connectivity index is 1.91. The lowest BCUT2D eigenvalue weighted by Crippen LogP contribution is -2.28. The summed E-state index contributed by atoms with van der Waals surface area (Å²) in [7, 11) is 0. The highest BCUT2D eigenvalue weighted by Crippen LogP contribution is 2.38. The number of carbonyl (C=O) groups is 2. The first-order chi connectivity index (χ1) is 11.5. The maximum Gasteiger partial charge on any atom is 0.323 e. The molecule has 8 heteroatoms. The predicted octanol–water partition coefficient (Wildman–Crippen LogP) is 2.58. The molecule has 2 aliphatic rings. The van der Waals surface area contributed by atoms with Gasteiger partial charge in [-0.3, -0.25) is 9.59 Å². The van der Waals surface area contributed by atoms with E-state index in [1.54, 1.807) is 12.2 Å². The number of ether oxygens (including phenoxy) is 1. The third-order valence-electron chi connectivity index (χ3n) is 3.53. The summed E-state index contributed by atoms with van der Waals surface area (Å²) in [6, 6.07) is 7.64. The fourth-order valence-electron chi connectivity index (χ4n) is 2.49. The number of thiocarbonyl (C=S) groups is 1. The Labute approximate surface area is 148 Å². The lowest BCUT2D eigenvalue weighted by Gasteiger charge is -2.16. The monoisotopic (exact) mass is 362 g/mol. The molecule has 2 aliphatic heterocycles. The van der Waals surface area contributed by atoms with E-state index in [4.69, 9.17) is 22.1 Å². The van der Waals surface area contributed by atoms with Crippen molar-refractivity contribution in [2.45, 2.75) is 6.92 Å². The number of hydrogen-bond donors (Lipinski definition) is 1. The molecule has 0 bridgehead atoms. The van der Waals surface area contributed by atoms with Crippen LogP contribution in [0.5, 0.6) is 5.75 Å². The van der Waals surface area contributed by atoms with E-state index in [9.17, 15) is 9.59 Å². The summed E-state index contributed by atoms with van der Waals surface area (Å²) >= 11 is 5.92. The summed E-state index contributed by atoms with van der Waals surface area (Å²) < 4.78 is 6.05. The second-order valence-corrected chi connectivity index (χ2v) is 6.61. The fourth-order valence-corrected chi connectivity index (χ4v) is 3.60. The van der Waals surface area contributed by atoms with Crippen molar-refractivity contribution in [1.29, 1.82) is 0 Å². The molecule has 1 fully saturated rings. The molecule has 0 spiro atoms. The van der Waals surface area contributed by atoms with Crippen LogP contribution < -0.4 is 9.64 Å². The summed E-state index contributed by atoms with van der Waals surface area (Å²) in [5, 5.41) is 8.71. The Morgan fingerprint density at radius 2 is 2.08 bits per heavy atom. The van der Waals surface area contributed by atoms with Crippen LogP contribution in [0.2, 0.25) is 0 Å². The number of aliphatic carboxylic acids is 1. The molecule has 3 rings (SSSR count). The first-order valence-corrected chi connectivity index (χ1v) is 8.45. The number of carboxylic acids is 1. The number of para-hydroxylation sites is 2. The van der Waals surface area contributed by atoms with Gasteiger partial charge in [-0.2, -0.15) is 0 Å². The molecule has 6 nitrogen and oxygen atoms in total. The lowest BCUT2D eigenvalue weighted by molar-refractivity contribution is -0.137. The first-order valence-electron chi connectivity index (χ1n) is 7.23. The standard InChI is InChI=1S/C16H14N2O4S2/c1-2-17-10-5-3-4-6-12(10)22-13(17)8-7-11-15(21)24-16(23)18(11)9-14(19)20/h3-8H,2,9H2,1H3,(H,19,20). The average molecular weight is 362 g/mol. The van der Waals surface area contributed by atoms with E-state index in [1.807, 2.05) is 36.1 Å². The molecular weight excluding hydrogens is 348 g/mol. The number of nitrogens with zero attached hydrogens (tertiary/aromatic N) is 2. The molecule has 1 aromatic carbocycles. The van der Waals surface area contributed by atoms with E-state index >= 15 is 0 Å². The SMILES string of the molecule is CCN1C(=CC=C2C(=O)SC(=S)N2CC(=O)O)Oc2ccccc21. The number of thioether (sulfide) groups is 1. The van der Waals surface area contributed by atoms with E-state index in [-0.39, 0.29) is 21.7 Å². The Kier molecular flexibility index (Phi) is 4.59. The second-order valence-electron chi connectivity index (χ2n) is 5.01. The number of carbonyl (C=O) groups excluding carboxylic acids is 1. The minimum absolute atomic E-state index is 0.245.